The zero-order chi connectivity index (χ0) is 37.3. The number of benzene rings is 3. The molecule has 278 valence electrons. The van der Waals surface area contributed by atoms with Crippen LogP contribution >= 0.6 is 0 Å². The molecule has 0 saturated carbocycles. The Morgan fingerprint density at radius 1 is 1.04 bits per heavy atom. The van der Waals surface area contributed by atoms with Gasteiger partial charge in [0, 0.05) is 44.0 Å². The number of ether oxygens (including phenoxy) is 2. The van der Waals surface area contributed by atoms with Crippen molar-refractivity contribution in [2.45, 2.75) is 69.4 Å². The zero-order valence-corrected chi connectivity index (χ0v) is 29.8. The molecule has 15 heteroatoms. The number of fused-ring (bicyclic) bond motifs is 1. The number of carbonyl (C=O) groups is 2. The maximum absolute atomic E-state index is 14.3. The number of nitrogens with one attached hydrogen (secondary N) is 2. The van der Waals surface area contributed by atoms with E-state index in [1.165, 1.54) is 53.2 Å². The van der Waals surface area contributed by atoms with Gasteiger partial charge in [0.05, 0.1) is 40.9 Å². The molecule has 0 aromatic heterocycles. The monoisotopic (exact) mass is 734 g/mol. The molecule has 3 aromatic rings. The fourth-order valence-electron chi connectivity index (χ4n) is 5.58. The van der Waals surface area contributed by atoms with Crippen molar-refractivity contribution in [3.05, 3.63) is 83.9 Å². The highest BCUT2D eigenvalue weighted by Gasteiger charge is 2.32. The second kappa shape index (κ2) is 17.2. The van der Waals surface area contributed by atoms with E-state index in [2.05, 4.69) is 10.0 Å². The van der Waals surface area contributed by atoms with E-state index in [0.29, 0.717) is 19.4 Å². The molecule has 0 fully saturated rings. The van der Waals surface area contributed by atoms with Crippen molar-refractivity contribution in [2.75, 3.05) is 43.4 Å². The summed E-state index contributed by atoms with van der Waals surface area (Å²) in [6, 6.07) is 15.2. The molecule has 1 aliphatic heterocycles. The minimum absolute atomic E-state index is 0.0506. The Morgan fingerprint density at radius 3 is 2.35 bits per heavy atom. The normalized spacial score (nSPS) is 20.0. The molecule has 0 radical (unpaired) electrons. The average Bonchev–Trinajstić information content (AvgIpc) is 3.09. The first-order valence-corrected chi connectivity index (χ1v) is 18.2. The number of alkyl halides is 3. The van der Waals surface area contributed by atoms with Crippen molar-refractivity contribution in [1.29, 1.82) is 0 Å². The zero-order valence-electron chi connectivity index (χ0n) is 29.0. The van der Waals surface area contributed by atoms with Crippen LogP contribution in [0.3, 0.4) is 0 Å². The number of anilines is 2. The molecule has 3 amide bonds. The molecule has 0 saturated heterocycles. The number of nitrogens with zero attached hydrogens (tertiary/aromatic N) is 2. The number of sulfonamides is 1. The van der Waals surface area contributed by atoms with Gasteiger partial charge in [-0.2, -0.15) is 13.2 Å². The summed E-state index contributed by atoms with van der Waals surface area (Å²) in [5.41, 5.74) is -0.394. The van der Waals surface area contributed by atoms with Gasteiger partial charge in [0.2, 0.25) is 0 Å². The molecule has 51 heavy (non-hydrogen) atoms. The largest absolute Gasteiger partial charge is 0.490 e. The molecule has 11 nitrogen and oxygen atoms in total. The van der Waals surface area contributed by atoms with Crippen molar-refractivity contribution in [1.82, 2.24) is 9.80 Å². The summed E-state index contributed by atoms with van der Waals surface area (Å²) in [6.07, 6.45) is -3.33. The van der Waals surface area contributed by atoms with Gasteiger partial charge in [0.1, 0.15) is 5.75 Å². The number of amides is 3. The third kappa shape index (κ3) is 10.8. The minimum atomic E-state index is -4.50. The van der Waals surface area contributed by atoms with Gasteiger partial charge in [-0.05, 0) is 87.7 Å². The number of hydrogen-bond donors (Lipinski definition) is 3. The maximum Gasteiger partial charge on any atom is 0.416 e. The lowest BCUT2D eigenvalue weighted by molar-refractivity contribution is -0.137. The predicted molar refractivity (Wildman–Crippen MR) is 187 cm³/mol. The van der Waals surface area contributed by atoms with Crippen LogP contribution < -0.4 is 14.8 Å². The van der Waals surface area contributed by atoms with E-state index in [-0.39, 0.29) is 59.3 Å². The topological polar surface area (TPSA) is 138 Å². The molecule has 0 bridgehead atoms. The van der Waals surface area contributed by atoms with E-state index in [1.54, 1.807) is 31.2 Å². The number of urea groups is 1. The summed E-state index contributed by atoms with van der Waals surface area (Å²) in [7, 11) is -2.43. The average molecular weight is 735 g/mol. The van der Waals surface area contributed by atoms with Crippen LogP contribution in [0.5, 0.6) is 5.75 Å². The molecular formula is C36H45F3N4O7S. The number of halogens is 3. The molecule has 0 aliphatic carbocycles. The SMILES string of the molecule is C[C@@H]1CN([C@H](C)CO)C(=O)c2cc(NS(=O)(=O)c3ccccc3)ccc2O[C@@H](C)CCCCO[C@H]1CN(C)C(=O)Nc1ccc(C(F)(F)F)cc1. The van der Waals surface area contributed by atoms with E-state index in [0.717, 1.165) is 18.6 Å². The first-order valence-electron chi connectivity index (χ1n) is 16.7. The van der Waals surface area contributed by atoms with E-state index < -0.39 is 45.8 Å². The van der Waals surface area contributed by atoms with Crippen LogP contribution in [0, 0.1) is 5.92 Å². The van der Waals surface area contributed by atoms with E-state index in [9.17, 15) is 36.3 Å². The van der Waals surface area contributed by atoms with Crippen LogP contribution in [0.2, 0.25) is 0 Å². The van der Waals surface area contributed by atoms with Crippen LogP contribution in [-0.2, 0) is 20.9 Å². The van der Waals surface area contributed by atoms with Gasteiger partial charge in [0.15, 0.2) is 0 Å². The van der Waals surface area contributed by atoms with Gasteiger partial charge in [-0.15, -0.1) is 0 Å². The van der Waals surface area contributed by atoms with Crippen molar-refractivity contribution in [2.24, 2.45) is 5.92 Å². The molecule has 1 aliphatic rings. The smallest absolute Gasteiger partial charge is 0.416 e. The first kappa shape index (κ1) is 39.4. The fraction of sp³-hybridized carbons (Fsp3) is 0.444. The summed E-state index contributed by atoms with van der Waals surface area (Å²) in [5, 5.41) is 12.8. The Morgan fingerprint density at radius 2 is 1.71 bits per heavy atom. The van der Waals surface area contributed by atoms with Gasteiger partial charge in [-0.3, -0.25) is 9.52 Å². The van der Waals surface area contributed by atoms with Crippen LogP contribution in [0.1, 0.15) is 56.0 Å². The van der Waals surface area contributed by atoms with Crippen molar-refractivity contribution >= 4 is 33.3 Å². The number of aliphatic hydroxyl groups is 1. The number of carbonyl (C=O) groups excluding carboxylic acids is 2. The Labute approximate surface area is 296 Å². The molecule has 4 rings (SSSR count). The third-order valence-electron chi connectivity index (χ3n) is 8.62. The van der Waals surface area contributed by atoms with Gasteiger partial charge >= 0.3 is 12.2 Å². The van der Waals surface area contributed by atoms with Crippen molar-refractivity contribution in [3.63, 3.8) is 0 Å². The van der Waals surface area contributed by atoms with Crippen LogP contribution in [0.4, 0.5) is 29.3 Å². The molecule has 4 atom stereocenters. The molecule has 3 aromatic carbocycles. The predicted octanol–water partition coefficient (Wildman–Crippen LogP) is 6.47. The first-order chi connectivity index (χ1) is 24.1. The molecule has 1 heterocycles. The number of aliphatic hydroxyl groups excluding tert-OH is 1. The second-order valence-corrected chi connectivity index (χ2v) is 14.5. The standard InChI is InChI=1S/C36H45F3N4O7S/c1-24-21-43(25(2)23-44)34(45)31-20-29(41-51(47,48)30-11-6-5-7-12-30)17-18-32(31)50-26(3)10-8-9-19-49-33(24)22-42(4)35(46)40-28-15-13-27(14-16-28)36(37,38)39/h5-7,11-18,20,24-26,33,41,44H,8-10,19,21-23H2,1-4H3,(H,40,46)/t24-,25-,26+,33+/m1/s1. The summed E-state index contributed by atoms with van der Waals surface area (Å²) in [5.74, 6) is -0.617. The Bertz CT molecular complexity index is 1730. The Hall–Kier alpha value is -4.34. The van der Waals surface area contributed by atoms with Gasteiger partial charge in [-0.1, -0.05) is 25.1 Å². The van der Waals surface area contributed by atoms with E-state index in [1.807, 2.05) is 13.8 Å². The van der Waals surface area contributed by atoms with E-state index >= 15 is 0 Å². The highest BCUT2D eigenvalue weighted by molar-refractivity contribution is 7.92. The highest BCUT2D eigenvalue weighted by atomic mass is 32.2. The fourth-order valence-corrected chi connectivity index (χ4v) is 6.65. The number of hydrogen-bond acceptors (Lipinski definition) is 7. The quantitative estimate of drug-likeness (QED) is 0.242. The van der Waals surface area contributed by atoms with Crippen LogP contribution in [-0.4, -0.2) is 86.9 Å². The summed E-state index contributed by atoms with van der Waals surface area (Å²) < 4.78 is 80.2. The summed E-state index contributed by atoms with van der Waals surface area (Å²) in [4.78, 5) is 30.3. The number of likely N-dealkylation sites (N-methyl/N-ethyl adjacent to an activating group) is 1. The third-order valence-corrected chi connectivity index (χ3v) is 10.0. The number of rotatable bonds is 8. The second-order valence-electron chi connectivity index (χ2n) is 12.8. The Kier molecular flexibility index (Phi) is 13.3. The van der Waals surface area contributed by atoms with E-state index in [4.69, 9.17) is 9.47 Å². The van der Waals surface area contributed by atoms with Gasteiger partial charge in [0.25, 0.3) is 15.9 Å². The minimum Gasteiger partial charge on any atom is -0.490 e. The lowest BCUT2D eigenvalue weighted by Crippen LogP contribution is -2.48. The molecule has 3 N–H and O–H groups in total. The molecule has 0 unspecified atom stereocenters. The maximum atomic E-state index is 14.3. The summed E-state index contributed by atoms with van der Waals surface area (Å²) in [6.45, 7) is 5.58. The highest BCUT2D eigenvalue weighted by Crippen LogP contribution is 2.31. The van der Waals surface area contributed by atoms with Gasteiger partial charge < -0.3 is 29.7 Å². The molecule has 0 spiro atoms. The van der Waals surface area contributed by atoms with Crippen molar-refractivity contribution in [3.8, 4) is 5.75 Å². The lowest BCUT2D eigenvalue weighted by atomic mass is 10.0. The van der Waals surface area contributed by atoms with Gasteiger partial charge in [-0.25, -0.2) is 13.2 Å². The lowest BCUT2D eigenvalue weighted by Gasteiger charge is -2.35. The van der Waals surface area contributed by atoms with Crippen LogP contribution in [0.25, 0.3) is 0 Å². The Balaban J connectivity index is 1.59. The van der Waals surface area contributed by atoms with Crippen LogP contribution in [0.15, 0.2) is 77.7 Å². The van der Waals surface area contributed by atoms with Crippen molar-refractivity contribution < 1.29 is 45.8 Å². The summed E-state index contributed by atoms with van der Waals surface area (Å²) >= 11 is 0. The molecular weight excluding hydrogens is 689 g/mol.